The summed E-state index contributed by atoms with van der Waals surface area (Å²) >= 11 is 5.92. The number of carbonyl (C=O) groups is 1. The molecule has 1 unspecified atom stereocenters. The fourth-order valence-corrected chi connectivity index (χ4v) is 3.84. The summed E-state index contributed by atoms with van der Waals surface area (Å²) in [6.07, 6.45) is 1.13. The fourth-order valence-electron chi connectivity index (χ4n) is 3.72. The Bertz CT molecular complexity index is 1020. The standard InChI is InChI=1S/C27H32ClN3O2/c1-3-16-31(17-4-2)19-20-6-5-7-22(18-20)27(33)30-26(32)21-8-12-24(13-9-21)29-25-14-10-23(28)11-15-25/h5-15,18,27,29,33H,3-4,16-17,19H2,1-2H3,(H,30,32). The Hall–Kier alpha value is -2.86. The van der Waals surface area contributed by atoms with Crippen LogP contribution in [-0.2, 0) is 6.54 Å². The summed E-state index contributed by atoms with van der Waals surface area (Å²) in [5.74, 6) is -0.329. The zero-order chi connectivity index (χ0) is 23.6. The molecule has 0 aliphatic rings. The first-order chi connectivity index (χ1) is 16.0. The van der Waals surface area contributed by atoms with Crippen molar-refractivity contribution in [3.63, 3.8) is 0 Å². The van der Waals surface area contributed by atoms with Crippen molar-refractivity contribution in [3.05, 3.63) is 94.5 Å². The van der Waals surface area contributed by atoms with Gasteiger partial charge >= 0.3 is 0 Å². The zero-order valence-electron chi connectivity index (χ0n) is 19.2. The number of aliphatic hydroxyl groups is 1. The van der Waals surface area contributed by atoms with Crippen molar-refractivity contribution in [2.45, 2.75) is 39.5 Å². The highest BCUT2D eigenvalue weighted by atomic mass is 35.5. The largest absolute Gasteiger partial charge is 0.369 e. The van der Waals surface area contributed by atoms with Gasteiger partial charge in [0.15, 0.2) is 6.23 Å². The zero-order valence-corrected chi connectivity index (χ0v) is 20.0. The van der Waals surface area contributed by atoms with Crippen LogP contribution in [0.25, 0.3) is 0 Å². The Kier molecular flexibility index (Phi) is 9.31. The molecule has 0 heterocycles. The summed E-state index contributed by atoms with van der Waals surface area (Å²) in [6, 6.07) is 22.3. The summed E-state index contributed by atoms with van der Waals surface area (Å²) < 4.78 is 0. The molecule has 0 saturated heterocycles. The number of anilines is 2. The van der Waals surface area contributed by atoms with Crippen molar-refractivity contribution in [3.8, 4) is 0 Å². The van der Waals surface area contributed by atoms with Crippen LogP contribution in [0.5, 0.6) is 0 Å². The van der Waals surface area contributed by atoms with Gasteiger partial charge in [0.05, 0.1) is 0 Å². The third-order valence-electron chi connectivity index (χ3n) is 5.30. The number of rotatable bonds is 11. The summed E-state index contributed by atoms with van der Waals surface area (Å²) in [5.41, 5.74) is 4.04. The quantitative estimate of drug-likeness (QED) is 0.298. The van der Waals surface area contributed by atoms with Crippen molar-refractivity contribution in [2.75, 3.05) is 18.4 Å². The van der Waals surface area contributed by atoms with E-state index in [0.29, 0.717) is 16.1 Å². The van der Waals surface area contributed by atoms with E-state index in [2.05, 4.69) is 35.4 Å². The summed E-state index contributed by atoms with van der Waals surface area (Å²) in [7, 11) is 0. The van der Waals surface area contributed by atoms with E-state index in [9.17, 15) is 9.90 Å². The molecule has 3 rings (SSSR count). The van der Waals surface area contributed by atoms with Crippen molar-refractivity contribution in [1.82, 2.24) is 10.2 Å². The predicted octanol–water partition coefficient (Wildman–Crippen LogP) is 6.13. The molecule has 5 nitrogen and oxygen atoms in total. The van der Waals surface area contributed by atoms with E-state index in [-0.39, 0.29) is 5.91 Å². The van der Waals surface area contributed by atoms with Gasteiger partial charge in [-0.2, -0.15) is 0 Å². The molecule has 0 aliphatic heterocycles. The molecule has 0 bridgehead atoms. The van der Waals surface area contributed by atoms with Gasteiger partial charge in [-0.05, 0) is 80.0 Å². The second-order valence-corrected chi connectivity index (χ2v) is 8.54. The lowest BCUT2D eigenvalue weighted by molar-refractivity contribution is 0.0783. The van der Waals surface area contributed by atoms with E-state index >= 15 is 0 Å². The maximum atomic E-state index is 12.7. The Morgan fingerprint density at radius 3 is 2.15 bits per heavy atom. The maximum Gasteiger partial charge on any atom is 0.253 e. The first-order valence-electron chi connectivity index (χ1n) is 11.4. The van der Waals surface area contributed by atoms with Crippen LogP contribution in [0.2, 0.25) is 5.02 Å². The van der Waals surface area contributed by atoms with Crippen LogP contribution in [-0.4, -0.2) is 29.0 Å². The molecule has 3 N–H and O–H groups in total. The van der Waals surface area contributed by atoms with Gasteiger partial charge in [-0.3, -0.25) is 9.69 Å². The second kappa shape index (κ2) is 12.4. The van der Waals surface area contributed by atoms with Crippen molar-refractivity contribution in [1.29, 1.82) is 0 Å². The highest BCUT2D eigenvalue weighted by Crippen LogP contribution is 2.20. The van der Waals surface area contributed by atoms with Gasteiger partial charge in [0.1, 0.15) is 0 Å². The van der Waals surface area contributed by atoms with E-state index in [1.165, 1.54) is 0 Å². The molecule has 1 atom stereocenters. The minimum atomic E-state index is -1.07. The fraction of sp³-hybridized carbons (Fsp3) is 0.296. The maximum absolute atomic E-state index is 12.7. The van der Waals surface area contributed by atoms with E-state index in [1.807, 2.05) is 54.6 Å². The summed E-state index contributed by atoms with van der Waals surface area (Å²) in [4.78, 5) is 15.1. The van der Waals surface area contributed by atoms with Crippen LogP contribution in [0.4, 0.5) is 11.4 Å². The van der Waals surface area contributed by atoms with Crippen LogP contribution in [0, 0.1) is 0 Å². The van der Waals surface area contributed by atoms with Crippen LogP contribution in [0.3, 0.4) is 0 Å². The molecule has 33 heavy (non-hydrogen) atoms. The molecule has 0 aromatic heterocycles. The monoisotopic (exact) mass is 465 g/mol. The highest BCUT2D eigenvalue weighted by Gasteiger charge is 2.14. The van der Waals surface area contributed by atoms with Gasteiger partial charge in [0, 0.05) is 34.1 Å². The Balaban J connectivity index is 1.60. The summed E-state index contributed by atoms with van der Waals surface area (Å²) in [6.45, 7) is 7.27. The number of benzene rings is 3. The molecule has 3 aromatic carbocycles. The minimum absolute atomic E-state index is 0.329. The van der Waals surface area contributed by atoms with Gasteiger partial charge in [-0.25, -0.2) is 0 Å². The molecular formula is C27H32ClN3O2. The lowest BCUT2D eigenvalue weighted by atomic mass is 10.1. The lowest BCUT2D eigenvalue weighted by Crippen LogP contribution is -2.28. The van der Waals surface area contributed by atoms with Crippen molar-refractivity contribution >= 4 is 28.9 Å². The minimum Gasteiger partial charge on any atom is -0.369 e. The lowest BCUT2D eigenvalue weighted by Gasteiger charge is -2.22. The van der Waals surface area contributed by atoms with Gasteiger partial charge < -0.3 is 15.7 Å². The number of nitrogens with zero attached hydrogens (tertiary/aromatic N) is 1. The molecule has 6 heteroatoms. The molecule has 1 amide bonds. The number of carbonyl (C=O) groups excluding carboxylic acids is 1. The van der Waals surface area contributed by atoms with Gasteiger partial charge in [-0.15, -0.1) is 0 Å². The van der Waals surface area contributed by atoms with Crippen LogP contribution < -0.4 is 10.6 Å². The molecule has 0 spiro atoms. The van der Waals surface area contributed by atoms with Crippen molar-refractivity contribution in [2.24, 2.45) is 0 Å². The van der Waals surface area contributed by atoms with Crippen LogP contribution in [0.1, 0.15) is 54.4 Å². The third kappa shape index (κ3) is 7.60. The van der Waals surface area contributed by atoms with E-state index < -0.39 is 6.23 Å². The van der Waals surface area contributed by atoms with Crippen LogP contribution >= 0.6 is 11.6 Å². The molecule has 0 saturated carbocycles. The second-order valence-electron chi connectivity index (χ2n) is 8.11. The predicted molar refractivity (Wildman–Crippen MR) is 136 cm³/mol. The number of halogens is 1. The number of hydrogen-bond acceptors (Lipinski definition) is 4. The first kappa shape index (κ1) is 24.8. The van der Waals surface area contributed by atoms with E-state index in [1.54, 1.807) is 12.1 Å². The molecule has 0 aliphatic carbocycles. The molecule has 0 radical (unpaired) electrons. The van der Waals surface area contributed by atoms with Crippen molar-refractivity contribution < 1.29 is 9.90 Å². The molecular weight excluding hydrogens is 434 g/mol. The number of hydrogen-bond donors (Lipinski definition) is 3. The summed E-state index contributed by atoms with van der Waals surface area (Å²) in [5, 5.41) is 17.2. The molecule has 3 aromatic rings. The normalized spacial score (nSPS) is 11.9. The van der Waals surface area contributed by atoms with Gasteiger partial charge in [0.25, 0.3) is 5.91 Å². The Morgan fingerprint density at radius 1 is 0.939 bits per heavy atom. The van der Waals surface area contributed by atoms with Crippen LogP contribution in [0.15, 0.2) is 72.8 Å². The molecule has 0 fully saturated rings. The van der Waals surface area contributed by atoms with E-state index in [4.69, 9.17) is 11.6 Å². The SMILES string of the molecule is CCCN(CCC)Cc1cccc(C(O)NC(=O)c2ccc(Nc3ccc(Cl)cc3)cc2)c1. The average molecular weight is 466 g/mol. The van der Waals surface area contributed by atoms with E-state index in [0.717, 1.165) is 49.4 Å². The van der Waals surface area contributed by atoms with Gasteiger partial charge in [0.2, 0.25) is 0 Å². The smallest absolute Gasteiger partial charge is 0.253 e. The third-order valence-corrected chi connectivity index (χ3v) is 5.55. The van der Waals surface area contributed by atoms with Gasteiger partial charge in [-0.1, -0.05) is 49.7 Å². The number of aliphatic hydroxyl groups excluding tert-OH is 1. The average Bonchev–Trinajstić information content (AvgIpc) is 2.81. The highest BCUT2D eigenvalue weighted by molar-refractivity contribution is 6.30. The number of nitrogens with one attached hydrogen (secondary N) is 2. The number of amides is 1. The Labute approximate surface area is 201 Å². The Morgan fingerprint density at radius 2 is 1.55 bits per heavy atom. The first-order valence-corrected chi connectivity index (χ1v) is 11.8. The topological polar surface area (TPSA) is 64.6 Å². The molecule has 174 valence electrons.